The van der Waals surface area contributed by atoms with Gasteiger partial charge in [-0.05, 0) is 82.0 Å². The topological polar surface area (TPSA) is 39.3 Å². The lowest BCUT2D eigenvalue weighted by atomic mass is 9.79. The first-order valence-electron chi connectivity index (χ1n) is 11.1. The Hall–Kier alpha value is -1.81. The van der Waals surface area contributed by atoms with Gasteiger partial charge in [0.05, 0.1) is 0 Å². The predicted molar refractivity (Wildman–Crippen MR) is 114 cm³/mol. The van der Waals surface area contributed by atoms with Gasteiger partial charge in [0.2, 0.25) is 0 Å². The van der Waals surface area contributed by atoms with Crippen molar-refractivity contribution in [2.45, 2.75) is 52.9 Å². The third-order valence-electron chi connectivity index (χ3n) is 7.52. The van der Waals surface area contributed by atoms with E-state index in [-0.39, 0.29) is 5.91 Å². The number of aromatic amines is 1. The number of carbonyl (C=O) groups excluding carboxylic acids is 1. The highest BCUT2D eigenvalue weighted by Crippen LogP contribution is 2.41. The summed E-state index contributed by atoms with van der Waals surface area (Å²) in [4.78, 5) is 21.7. The highest BCUT2D eigenvalue weighted by atomic mass is 16.2. The number of rotatable bonds is 3. The Kier molecular flexibility index (Phi) is 4.31. The van der Waals surface area contributed by atoms with Crippen LogP contribution in [-0.4, -0.2) is 53.4 Å². The van der Waals surface area contributed by atoms with Crippen LogP contribution >= 0.6 is 0 Å². The number of benzene rings is 1. The van der Waals surface area contributed by atoms with Crippen LogP contribution < -0.4 is 0 Å². The number of amides is 1. The molecule has 1 atom stereocenters. The number of aryl methyl sites for hydroxylation is 3. The SMILES string of the molecule is Cc1ccc(C)c2c(C)c(C(=O)N3CC[C@]4(CCCN(CC5CC5)C4)C3)[nH]c12. The molecule has 0 bridgehead atoms. The zero-order chi connectivity index (χ0) is 19.5. The minimum absolute atomic E-state index is 0.198. The Bertz CT molecular complexity index is 926. The van der Waals surface area contributed by atoms with Crippen LogP contribution in [0, 0.1) is 32.1 Å². The molecule has 0 unspecified atom stereocenters. The van der Waals surface area contributed by atoms with Gasteiger partial charge >= 0.3 is 0 Å². The number of likely N-dealkylation sites (tertiary alicyclic amines) is 2. The number of nitrogens with one attached hydrogen (secondary N) is 1. The van der Waals surface area contributed by atoms with Crippen molar-refractivity contribution in [2.24, 2.45) is 11.3 Å². The number of hydrogen-bond acceptors (Lipinski definition) is 2. The lowest BCUT2D eigenvalue weighted by Crippen LogP contribution is -2.46. The fourth-order valence-electron chi connectivity index (χ4n) is 5.74. The summed E-state index contributed by atoms with van der Waals surface area (Å²) in [7, 11) is 0. The predicted octanol–water partition coefficient (Wildman–Crippen LogP) is 4.43. The molecule has 5 rings (SSSR count). The van der Waals surface area contributed by atoms with Crippen molar-refractivity contribution in [3.8, 4) is 0 Å². The normalized spacial score (nSPS) is 25.9. The lowest BCUT2D eigenvalue weighted by molar-refractivity contribution is 0.0677. The van der Waals surface area contributed by atoms with E-state index in [0.29, 0.717) is 5.41 Å². The van der Waals surface area contributed by atoms with Gasteiger partial charge in [-0.3, -0.25) is 4.79 Å². The summed E-state index contributed by atoms with van der Waals surface area (Å²) < 4.78 is 0. The monoisotopic (exact) mass is 379 g/mol. The largest absolute Gasteiger partial charge is 0.350 e. The average molecular weight is 380 g/mol. The molecular weight excluding hydrogens is 346 g/mol. The molecule has 2 aliphatic heterocycles. The zero-order valence-electron chi connectivity index (χ0n) is 17.6. The molecule has 3 heterocycles. The molecule has 1 aromatic carbocycles. The van der Waals surface area contributed by atoms with Crippen molar-refractivity contribution in [3.63, 3.8) is 0 Å². The maximum absolute atomic E-state index is 13.4. The third kappa shape index (κ3) is 3.06. The van der Waals surface area contributed by atoms with Gasteiger partial charge in [0.15, 0.2) is 0 Å². The number of fused-ring (bicyclic) bond motifs is 1. The van der Waals surface area contributed by atoms with E-state index in [0.717, 1.165) is 42.2 Å². The van der Waals surface area contributed by atoms with Crippen LogP contribution in [0.15, 0.2) is 12.1 Å². The molecule has 1 N–H and O–H groups in total. The van der Waals surface area contributed by atoms with Crippen molar-refractivity contribution in [1.82, 2.24) is 14.8 Å². The van der Waals surface area contributed by atoms with Gasteiger partial charge in [-0.25, -0.2) is 0 Å². The van der Waals surface area contributed by atoms with E-state index in [2.05, 4.69) is 47.7 Å². The molecule has 1 aromatic heterocycles. The van der Waals surface area contributed by atoms with Gasteiger partial charge < -0.3 is 14.8 Å². The summed E-state index contributed by atoms with van der Waals surface area (Å²) in [5, 5.41) is 1.23. The molecule has 1 aliphatic carbocycles. The number of carbonyl (C=O) groups is 1. The average Bonchev–Trinajstić information content (AvgIpc) is 3.28. The lowest BCUT2D eigenvalue weighted by Gasteiger charge is -2.40. The summed E-state index contributed by atoms with van der Waals surface area (Å²) >= 11 is 0. The standard InChI is InChI=1S/C24H33N3O/c1-16-5-6-17(2)21-20(16)18(3)22(25-21)23(28)27-12-10-24(15-27)9-4-11-26(14-24)13-19-7-8-19/h5-6,19,25H,4,7-15H2,1-3H3/t24-/m0/s1. The molecule has 4 heteroatoms. The van der Waals surface area contributed by atoms with E-state index in [1.165, 1.54) is 61.8 Å². The zero-order valence-corrected chi connectivity index (χ0v) is 17.6. The molecule has 1 saturated carbocycles. The summed E-state index contributed by atoms with van der Waals surface area (Å²) in [5.74, 6) is 1.15. The smallest absolute Gasteiger partial charge is 0.270 e. The molecule has 0 radical (unpaired) electrons. The van der Waals surface area contributed by atoms with Crippen molar-refractivity contribution < 1.29 is 4.79 Å². The number of piperidine rings is 1. The molecule has 2 aromatic rings. The molecular formula is C24H33N3O. The van der Waals surface area contributed by atoms with Crippen LogP contribution in [0.2, 0.25) is 0 Å². The Labute approximate surface area is 168 Å². The fraction of sp³-hybridized carbons (Fsp3) is 0.625. The Balaban J connectivity index is 1.37. The summed E-state index contributed by atoms with van der Waals surface area (Å²) in [5.41, 5.74) is 5.83. The molecule has 1 amide bonds. The highest BCUT2D eigenvalue weighted by Gasteiger charge is 2.44. The summed E-state index contributed by atoms with van der Waals surface area (Å²) in [6, 6.07) is 4.30. The number of H-pyrrole nitrogens is 1. The van der Waals surface area contributed by atoms with Crippen LogP contribution in [0.25, 0.3) is 10.9 Å². The van der Waals surface area contributed by atoms with Crippen molar-refractivity contribution >= 4 is 16.8 Å². The Morgan fingerprint density at radius 2 is 1.89 bits per heavy atom. The summed E-state index contributed by atoms with van der Waals surface area (Å²) in [6.45, 7) is 11.9. The number of aromatic nitrogens is 1. The molecule has 2 saturated heterocycles. The van der Waals surface area contributed by atoms with Gasteiger partial charge in [-0.2, -0.15) is 0 Å². The molecule has 3 aliphatic rings. The van der Waals surface area contributed by atoms with Crippen molar-refractivity contribution in [3.05, 3.63) is 34.5 Å². The van der Waals surface area contributed by atoms with Crippen molar-refractivity contribution in [1.29, 1.82) is 0 Å². The Morgan fingerprint density at radius 1 is 1.11 bits per heavy atom. The Morgan fingerprint density at radius 3 is 2.64 bits per heavy atom. The van der Waals surface area contributed by atoms with Crippen LogP contribution in [-0.2, 0) is 0 Å². The van der Waals surface area contributed by atoms with E-state index >= 15 is 0 Å². The van der Waals surface area contributed by atoms with E-state index in [1.807, 2.05) is 0 Å². The quantitative estimate of drug-likeness (QED) is 0.857. The van der Waals surface area contributed by atoms with Crippen LogP contribution in [0.3, 0.4) is 0 Å². The maximum atomic E-state index is 13.4. The second-order valence-corrected chi connectivity index (χ2v) is 9.83. The van der Waals surface area contributed by atoms with E-state index in [4.69, 9.17) is 0 Å². The van der Waals surface area contributed by atoms with Crippen LogP contribution in [0.5, 0.6) is 0 Å². The van der Waals surface area contributed by atoms with Gasteiger partial charge in [-0.15, -0.1) is 0 Å². The van der Waals surface area contributed by atoms with Crippen LogP contribution in [0.4, 0.5) is 0 Å². The fourth-order valence-corrected chi connectivity index (χ4v) is 5.74. The van der Waals surface area contributed by atoms with Crippen LogP contribution in [0.1, 0.15) is 59.3 Å². The van der Waals surface area contributed by atoms with E-state index < -0.39 is 0 Å². The molecule has 1 spiro atoms. The second-order valence-electron chi connectivity index (χ2n) is 9.83. The molecule has 3 fully saturated rings. The van der Waals surface area contributed by atoms with Crippen molar-refractivity contribution in [2.75, 3.05) is 32.7 Å². The summed E-state index contributed by atoms with van der Waals surface area (Å²) in [6.07, 6.45) is 6.58. The molecule has 150 valence electrons. The van der Waals surface area contributed by atoms with E-state index in [9.17, 15) is 4.79 Å². The maximum Gasteiger partial charge on any atom is 0.270 e. The van der Waals surface area contributed by atoms with Gasteiger partial charge in [0.1, 0.15) is 5.69 Å². The minimum Gasteiger partial charge on any atom is -0.350 e. The second kappa shape index (κ2) is 6.62. The highest BCUT2D eigenvalue weighted by molar-refractivity contribution is 6.02. The number of hydrogen-bond donors (Lipinski definition) is 1. The molecule has 4 nitrogen and oxygen atoms in total. The minimum atomic E-state index is 0.198. The first-order chi connectivity index (χ1) is 13.5. The number of nitrogens with zero attached hydrogens (tertiary/aromatic N) is 2. The van der Waals surface area contributed by atoms with E-state index in [1.54, 1.807) is 0 Å². The first kappa shape index (κ1) is 18.2. The van der Waals surface area contributed by atoms with Gasteiger partial charge in [0, 0.05) is 42.5 Å². The third-order valence-corrected chi connectivity index (χ3v) is 7.52. The molecule has 28 heavy (non-hydrogen) atoms. The first-order valence-corrected chi connectivity index (χ1v) is 11.1. The van der Waals surface area contributed by atoms with Gasteiger partial charge in [0.25, 0.3) is 5.91 Å². The van der Waals surface area contributed by atoms with Gasteiger partial charge in [-0.1, -0.05) is 12.1 Å².